The first-order valence-electron chi connectivity index (χ1n) is 8.53. The average molecular weight is 314 g/mol. The molecule has 2 aromatic rings. The molecule has 1 unspecified atom stereocenters. The summed E-state index contributed by atoms with van der Waals surface area (Å²) in [6, 6.07) is 9.31. The Balaban J connectivity index is 1.74. The van der Waals surface area contributed by atoms with Crippen LogP contribution < -0.4 is 5.32 Å². The minimum Gasteiger partial charge on any atom is -0.339 e. The van der Waals surface area contributed by atoms with Crippen LogP contribution in [-0.2, 0) is 13.0 Å². The second kappa shape index (κ2) is 7.23. The summed E-state index contributed by atoms with van der Waals surface area (Å²) in [6.45, 7) is 10.0. The molecule has 1 atom stereocenters. The first kappa shape index (κ1) is 16.1. The minimum absolute atomic E-state index is 0.275. The molecular formula is C18H26N4O. The monoisotopic (exact) mass is 314 g/mol. The highest BCUT2D eigenvalue weighted by Gasteiger charge is 2.25. The molecule has 2 heterocycles. The summed E-state index contributed by atoms with van der Waals surface area (Å²) in [4.78, 5) is 6.96. The summed E-state index contributed by atoms with van der Waals surface area (Å²) in [5.41, 5.74) is 2.73. The number of nitrogens with zero attached hydrogens (tertiary/aromatic N) is 3. The molecule has 0 amide bonds. The molecule has 0 aliphatic carbocycles. The molecule has 0 bridgehead atoms. The smallest absolute Gasteiger partial charge is 0.229 e. The van der Waals surface area contributed by atoms with Crippen molar-refractivity contribution in [2.24, 2.45) is 0 Å². The number of hydrogen-bond acceptors (Lipinski definition) is 5. The van der Waals surface area contributed by atoms with Gasteiger partial charge in [0, 0.05) is 31.6 Å². The number of rotatable bonds is 5. The van der Waals surface area contributed by atoms with Gasteiger partial charge in [0.1, 0.15) is 0 Å². The second-order valence-electron chi connectivity index (χ2n) is 6.49. The van der Waals surface area contributed by atoms with Crippen LogP contribution in [0.2, 0.25) is 0 Å². The number of nitrogens with one attached hydrogen (secondary N) is 1. The lowest BCUT2D eigenvalue weighted by atomic mass is 10.0. The van der Waals surface area contributed by atoms with E-state index in [1.807, 2.05) is 0 Å². The summed E-state index contributed by atoms with van der Waals surface area (Å²) in [5, 5.41) is 7.63. The largest absolute Gasteiger partial charge is 0.339 e. The van der Waals surface area contributed by atoms with Crippen LogP contribution in [0.25, 0.3) is 0 Å². The van der Waals surface area contributed by atoms with E-state index in [4.69, 9.17) is 4.52 Å². The van der Waals surface area contributed by atoms with Gasteiger partial charge in [-0.1, -0.05) is 50.2 Å². The fourth-order valence-corrected chi connectivity index (χ4v) is 2.99. The van der Waals surface area contributed by atoms with E-state index in [1.54, 1.807) is 0 Å². The highest BCUT2D eigenvalue weighted by atomic mass is 16.5. The van der Waals surface area contributed by atoms with E-state index in [0.717, 1.165) is 44.3 Å². The molecule has 3 rings (SSSR count). The lowest BCUT2D eigenvalue weighted by Gasteiger charge is -2.35. The van der Waals surface area contributed by atoms with Crippen LogP contribution in [0.15, 0.2) is 28.8 Å². The Labute approximate surface area is 138 Å². The molecular weight excluding hydrogens is 288 g/mol. The average Bonchev–Trinajstić information content (AvgIpc) is 3.04. The minimum atomic E-state index is 0.275. The van der Waals surface area contributed by atoms with Gasteiger partial charge < -0.3 is 9.84 Å². The SMILES string of the molecule is CCc1ccc(C2CNCCN2Cc2noc(C(C)C)n2)cc1. The summed E-state index contributed by atoms with van der Waals surface area (Å²) in [6.07, 6.45) is 1.08. The molecule has 124 valence electrons. The van der Waals surface area contributed by atoms with Crippen molar-refractivity contribution in [1.82, 2.24) is 20.4 Å². The van der Waals surface area contributed by atoms with Crippen LogP contribution in [0.3, 0.4) is 0 Å². The van der Waals surface area contributed by atoms with E-state index < -0.39 is 0 Å². The topological polar surface area (TPSA) is 54.2 Å². The van der Waals surface area contributed by atoms with Gasteiger partial charge in [-0.25, -0.2) is 0 Å². The molecule has 1 saturated heterocycles. The van der Waals surface area contributed by atoms with Gasteiger partial charge in [0.2, 0.25) is 5.89 Å². The second-order valence-corrected chi connectivity index (χ2v) is 6.49. The zero-order chi connectivity index (χ0) is 16.2. The summed E-state index contributed by atoms with van der Waals surface area (Å²) in [5.74, 6) is 1.78. The van der Waals surface area contributed by atoms with Crippen LogP contribution in [-0.4, -0.2) is 34.7 Å². The lowest BCUT2D eigenvalue weighted by molar-refractivity contribution is 0.148. The predicted molar refractivity (Wildman–Crippen MR) is 90.2 cm³/mol. The van der Waals surface area contributed by atoms with Crippen LogP contribution in [0, 0.1) is 0 Å². The quantitative estimate of drug-likeness (QED) is 0.919. The van der Waals surface area contributed by atoms with Crippen LogP contribution in [0.4, 0.5) is 0 Å². The lowest BCUT2D eigenvalue weighted by Crippen LogP contribution is -2.45. The van der Waals surface area contributed by atoms with Gasteiger partial charge in [-0.15, -0.1) is 0 Å². The molecule has 1 aromatic carbocycles. The van der Waals surface area contributed by atoms with Crippen molar-refractivity contribution in [2.75, 3.05) is 19.6 Å². The highest BCUT2D eigenvalue weighted by molar-refractivity contribution is 5.26. The predicted octanol–water partition coefficient (Wildman–Crippen LogP) is 2.90. The molecule has 5 nitrogen and oxygen atoms in total. The molecule has 1 fully saturated rings. The zero-order valence-electron chi connectivity index (χ0n) is 14.2. The molecule has 0 saturated carbocycles. The Morgan fingerprint density at radius 1 is 1.30 bits per heavy atom. The number of benzene rings is 1. The summed E-state index contributed by atoms with van der Waals surface area (Å²) < 4.78 is 5.34. The van der Waals surface area contributed by atoms with E-state index in [-0.39, 0.29) is 5.92 Å². The van der Waals surface area contributed by atoms with Gasteiger partial charge in [0.25, 0.3) is 0 Å². The Morgan fingerprint density at radius 3 is 2.74 bits per heavy atom. The standard InChI is InChI=1S/C18H26N4O/c1-4-14-5-7-15(8-6-14)16-11-19-9-10-22(16)12-17-20-18(13(2)3)23-21-17/h5-8,13,16,19H,4,9-12H2,1-3H3. The first-order valence-corrected chi connectivity index (χ1v) is 8.53. The van der Waals surface area contributed by atoms with Gasteiger partial charge in [0.15, 0.2) is 5.82 Å². The highest BCUT2D eigenvalue weighted by Crippen LogP contribution is 2.24. The van der Waals surface area contributed by atoms with Crippen molar-refractivity contribution >= 4 is 0 Å². The Kier molecular flexibility index (Phi) is 5.08. The number of aryl methyl sites for hydroxylation is 1. The fourth-order valence-electron chi connectivity index (χ4n) is 2.99. The van der Waals surface area contributed by atoms with E-state index >= 15 is 0 Å². The van der Waals surface area contributed by atoms with Gasteiger partial charge >= 0.3 is 0 Å². The maximum atomic E-state index is 5.34. The fraction of sp³-hybridized carbons (Fsp3) is 0.556. The molecule has 0 radical (unpaired) electrons. The molecule has 1 aliphatic rings. The van der Waals surface area contributed by atoms with Crippen molar-refractivity contribution in [3.63, 3.8) is 0 Å². The Bertz CT molecular complexity index is 620. The van der Waals surface area contributed by atoms with Crippen molar-refractivity contribution in [3.05, 3.63) is 47.1 Å². The van der Waals surface area contributed by atoms with E-state index in [0.29, 0.717) is 6.04 Å². The van der Waals surface area contributed by atoms with Gasteiger partial charge in [0.05, 0.1) is 6.54 Å². The van der Waals surface area contributed by atoms with Crippen molar-refractivity contribution < 1.29 is 4.52 Å². The normalized spacial score (nSPS) is 19.4. The van der Waals surface area contributed by atoms with Crippen LogP contribution in [0.1, 0.15) is 55.6 Å². The van der Waals surface area contributed by atoms with Gasteiger partial charge in [-0.3, -0.25) is 4.90 Å². The van der Waals surface area contributed by atoms with E-state index in [9.17, 15) is 0 Å². The molecule has 1 aliphatic heterocycles. The van der Waals surface area contributed by atoms with Crippen LogP contribution >= 0.6 is 0 Å². The molecule has 5 heteroatoms. The molecule has 23 heavy (non-hydrogen) atoms. The third-order valence-corrected chi connectivity index (χ3v) is 4.45. The van der Waals surface area contributed by atoms with E-state index in [1.165, 1.54) is 11.1 Å². The summed E-state index contributed by atoms with van der Waals surface area (Å²) in [7, 11) is 0. The maximum absolute atomic E-state index is 5.34. The molecule has 1 N–H and O–H groups in total. The third kappa shape index (κ3) is 3.79. The number of piperazine rings is 1. The Morgan fingerprint density at radius 2 is 2.09 bits per heavy atom. The van der Waals surface area contributed by atoms with Gasteiger partial charge in [-0.2, -0.15) is 4.98 Å². The van der Waals surface area contributed by atoms with Crippen LogP contribution in [0.5, 0.6) is 0 Å². The zero-order valence-corrected chi connectivity index (χ0v) is 14.2. The van der Waals surface area contributed by atoms with E-state index in [2.05, 4.69) is 65.4 Å². The first-order chi connectivity index (χ1) is 11.2. The van der Waals surface area contributed by atoms with Crippen molar-refractivity contribution in [1.29, 1.82) is 0 Å². The summed E-state index contributed by atoms with van der Waals surface area (Å²) >= 11 is 0. The maximum Gasteiger partial charge on any atom is 0.229 e. The molecule has 0 spiro atoms. The number of hydrogen-bond donors (Lipinski definition) is 1. The third-order valence-electron chi connectivity index (χ3n) is 4.45. The van der Waals surface area contributed by atoms with Gasteiger partial charge in [-0.05, 0) is 17.5 Å². The van der Waals surface area contributed by atoms with Crippen molar-refractivity contribution in [3.8, 4) is 0 Å². The van der Waals surface area contributed by atoms with Crippen molar-refractivity contribution in [2.45, 2.75) is 45.7 Å². The number of aromatic nitrogens is 2. The molecule has 1 aromatic heterocycles. The Hall–Kier alpha value is -1.72.